The molecule has 9 atom stereocenters. The van der Waals surface area contributed by atoms with Crippen LogP contribution in [0.15, 0.2) is 34.8 Å². The van der Waals surface area contributed by atoms with Gasteiger partial charge in [-0.25, -0.2) is 28.9 Å². The molecule has 1 unspecified atom stereocenters. The Balaban J connectivity index is 0.00000650. The number of esters is 1. The Bertz CT molecular complexity index is 1970. The Hall–Kier alpha value is -4.13. The number of unbranched alkanes of at least 4 members (excludes halogenated alkanes) is 1. The Labute approximate surface area is 305 Å². The number of phosphoric ester groups is 2. The van der Waals surface area contributed by atoms with Gasteiger partial charge in [-0.15, -0.1) is 0 Å². The van der Waals surface area contributed by atoms with E-state index in [1.807, 2.05) is 0 Å². The maximum absolute atomic E-state index is 13.3. The first-order chi connectivity index (χ1) is 25.1. The van der Waals surface area contributed by atoms with Crippen molar-refractivity contribution in [3.63, 3.8) is 0 Å². The van der Waals surface area contributed by atoms with Crippen LogP contribution in [0.3, 0.4) is 0 Å². The highest BCUT2D eigenvalue weighted by Gasteiger charge is 2.50. The number of rotatable bonds is 17. The molecule has 10 N–H and O–H groups in total. The minimum atomic E-state index is -5.15. The summed E-state index contributed by atoms with van der Waals surface area (Å²) in [6.45, 7) is -1.49. The van der Waals surface area contributed by atoms with Crippen molar-refractivity contribution in [3.05, 3.63) is 45.8 Å². The van der Waals surface area contributed by atoms with Crippen molar-refractivity contribution in [1.29, 1.82) is 0 Å². The lowest BCUT2D eigenvalue weighted by Gasteiger charge is -2.24. The molecule has 28 heteroatoms. The monoisotopic (exact) mass is 806 g/mol. The number of nitrogens with two attached hydrogens (primary N) is 3. The van der Waals surface area contributed by atoms with Crippen molar-refractivity contribution in [2.75, 3.05) is 31.2 Å². The third-order valence-electron chi connectivity index (χ3n) is 8.03. The molecule has 0 saturated carbocycles. The van der Waals surface area contributed by atoms with Gasteiger partial charge in [0.05, 0.1) is 19.5 Å². The Kier molecular flexibility index (Phi) is 14.2. The van der Waals surface area contributed by atoms with Gasteiger partial charge in [0.25, 0.3) is 0 Å². The first kappa shape index (κ1) is 42.6. The maximum Gasteiger partial charge on any atom is 0.472 e. The molecule has 5 heterocycles. The number of aliphatic hydroxyl groups excluding tert-OH is 1. The van der Waals surface area contributed by atoms with Crippen LogP contribution in [0.4, 0.5) is 11.6 Å². The van der Waals surface area contributed by atoms with E-state index in [0.717, 1.165) is 10.9 Å². The highest BCUT2D eigenvalue weighted by atomic mass is 31.2. The van der Waals surface area contributed by atoms with Crippen LogP contribution in [-0.4, -0.2) is 111 Å². The fourth-order valence-corrected chi connectivity index (χ4v) is 6.83. The molecule has 2 aliphatic heterocycles. The molecule has 2 aliphatic rings. The molecule has 3 aromatic rings. The summed E-state index contributed by atoms with van der Waals surface area (Å²) in [6, 6.07) is 0.106. The highest BCUT2D eigenvalue weighted by Crippen LogP contribution is 2.50. The number of azide groups is 1. The van der Waals surface area contributed by atoms with Gasteiger partial charge in [-0.3, -0.25) is 27.5 Å². The quantitative estimate of drug-likeness (QED) is 0.0231. The molecule has 3 aromatic heterocycles. The van der Waals surface area contributed by atoms with Crippen LogP contribution in [0.1, 0.15) is 45.6 Å². The number of hydrogen-bond acceptors (Lipinski definition) is 19. The number of nitrogens with zero attached hydrogens (tertiary/aromatic N) is 9. The summed E-state index contributed by atoms with van der Waals surface area (Å²) in [4.78, 5) is 73.0. The maximum atomic E-state index is 13.3. The number of hydrogen-bond donors (Lipinski definition) is 7. The third-order valence-corrected chi connectivity index (χ3v) is 9.53. The third kappa shape index (κ3) is 10.5. The zero-order chi connectivity index (χ0) is 38.5. The molecule has 26 nitrogen and oxygen atoms in total. The molecule has 0 amide bonds. The standard InChI is InChI=1S/C25H36N12O14P2.CH4/c26-12(3-1-2-5-33-35-29)24(39)50-20-15(49-23(19(20)38)37-11-32-18-21(28)30-10-31-22(18)37)9-47-53(44,45)51-13-7-17(36-6-4-16(27)34-25(36)40)48-14(13)8-46-52(41,42)43;/h4,6,10-15,17,19-20,23,38H,1-3,5,7-9,26H2,(H,44,45)(H2,27,34,40)(H2,28,30,31)(H2,41,42,43);1H4/t12-,13-,14+,15+,17+,19+,20+,23+;/m0./s1. The van der Waals surface area contributed by atoms with E-state index in [-0.39, 0.29) is 49.6 Å². The normalized spacial score (nSPS) is 25.8. The number of aliphatic hydroxyl groups is 1. The topological polar surface area (TPSA) is 393 Å². The summed E-state index contributed by atoms with van der Waals surface area (Å²) in [5.41, 5.74) is 25.3. The molecule has 298 valence electrons. The summed E-state index contributed by atoms with van der Waals surface area (Å²) in [7, 11) is -10.2. The van der Waals surface area contributed by atoms with Crippen molar-refractivity contribution in [2.45, 2.75) is 82.1 Å². The lowest BCUT2D eigenvalue weighted by molar-refractivity contribution is -0.158. The first-order valence-electron chi connectivity index (χ1n) is 15.7. The van der Waals surface area contributed by atoms with E-state index >= 15 is 0 Å². The number of anilines is 2. The lowest BCUT2D eigenvalue weighted by Crippen LogP contribution is -2.43. The molecule has 0 aliphatic carbocycles. The van der Waals surface area contributed by atoms with Gasteiger partial charge in [0.2, 0.25) is 0 Å². The predicted molar refractivity (Wildman–Crippen MR) is 182 cm³/mol. The van der Waals surface area contributed by atoms with Crippen LogP contribution >= 0.6 is 15.6 Å². The van der Waals surface area contributed by atoms with Crippen LogP contribution in [0, 0.1) is 0 Å². The van der Waals surface area contributed by atoms with Gasteiger partial charge in [0.1, 0.15) is 54.3 Å². The van der Waals surface area contributed by atoms with Crippen molar-refractivity contribution in [3.8, 4) is 0 Å². The molecule has 0 bridgehead atoms. The van der Waals surface area contributed by atoms with Gasteiger partial charge in [0.15, 0.2) is 23.8 Å². The lowest BCUT2D eigenvalue weighted by atomic mass is 10.1. The molecular weight excluding hydrogens is 766 g/mol. The molecule has 0 aromatic carbocycles. The van der Waals surface area contributed by atoms with Gasteiger partial charge in [-0.1, -0.05) is 19.0 Å². The number of phosphoric acid groups is 2. The minimum Gasteiger partial charge on any atom is -0.455 e. The number of imidazole rings is 1. The fourth-order valence-electron chi connectivity index (χ4n) is 5.53. The first-order valence-corrected chi connectivity index (χ1v) is 18.7. The average molecular weight is 807 g/mol. The second kappa shape index (κ2) is 18.0. The minimum absolute atomic E-state index is 0. The van der Waals surface area contributed by atoms with E-state index in [4.69, 9.17) is 46.0 Å². The summed E-state index contributed by atoms with van der Waals surface area (Å²) >= 11 is 0. The number of carbonyl (C=O) groups excluding carboxylic acids is 1. The van der Waals surface area contributed by atoms with Crippen LogP contribution < -0.4 is 22.9 Å². The molecule has 2 saturated heterocycles. The van der Waals surface area contributed by atoms with Crippen LogP contribution in [-0.2, 0) is 41.7 Å². The smallest absolute Gasteiger partial charge is 0.455 e. The predicted octanol–water partition coefficient (Wildman–Crippen LogP) is -0.239. The molecule has 2 fully saturated rings. The fraction of sp³-hybridized carbons (Fsp3) is 0.615. The van der Waals surface area contributed by atoms with Gasteiger partial charge < -0.3 is 51.2 Å². The number of fused-ring (bicyclic) bond motifs is 1. The van der Waals surface area contributed by atoms with Gasteiger partial charge >= 0.3 is 27.3 Å². The van der Waals surface area contributed by atoms with E-state index < -0.39 is 89.5 Å². The molecule has 0 radical (unpaired) electrons. The number of carbonyl (C=O) groups is 1. The van der Waals surface area contributed by atoms with E-state index in [0.29, 0.717) is 12.8 Å². The highest BCUT2D eigenvalue weighted by molar-refractivity contribution is 7.47. The summed E-state index contributed by atoms with van der Waals surface area (Å²) in [6.07, 6.45) is -5.82. The second-order valence-electron chi connectivity index (χ2n) is 11.7. The number of aromatic nitrogens is 6. The zero-order valence-corrected chi connectivity index (χ0v) is 29.2. The van der Waals surface area contributed by atoms with E-state index in [9.17, 15) is 38.5 Å². The van der Waals surface area contributed by atoms with E-state index in [1.54, 1.807) is 0 Å². The van der Waals surface area contributed by atoms with Gasteiger partial charge in [0, 0.05) is 24.1 Å². The van der Waals surface area contributed by atoms with E-state index in [2.05, 4.69) is 34.5 Å². The van der Waals surface area contributed by atoms with Crippen molar-refractivity contribution < 1.29 is 61.5 Å². The Morgan fingerprint density at radius 3 is 2.56 bits per heavy atom. The van der Waals surface area contributed by atoms with Gasteiger partial charge in [-0.2, -0.15) is 4.98 Å². The van der Waals surface area contributed by atoms with Crippen LogP contribution in [0.2, 0.25) is 0 Å². The van der Waals surface area contributed by atoms with E-state index in [1.165, 1.54) is 23.2 Å². The molecule has 5 rings (SSSR count). The number of ether oxygens (including phenoxy) is 3. The summed E-state index contributed by atoms with van der Waals surface area (Å²) in [5.74, 6) is -1.03. The Morgan fingerprint density at radius 1 is 1.11 bits per heavy atom. The molecule has 0 spiro atoms. The number of nitrogen functional groups attached to an aromatic ring is 2. The average Bonchev–Trinajstić information content (AvgIpc) is 3.78. The second-order valence-corrected chi connectivity index (χ2v) is 14.3. The van der Waals surface area contributed by atoms with Crippen molar-refractivity contribution in [1.82, 2.24) is 29.1 Å². The summed E-state index contributed by atoms with van der Waals surface area (Å²) < 4.78 is 59.2. The van der Waals surface area contributed by atoms with Crippen LogP contribution in [0.5, 0.6) is 0 Å². The van der Waals surface area contributed by atoms with Crippen molar-refractivity contribution >= 4 is 44.4 Å². The largest absolute Gasteiger partial charge is 0.472 e. The molecule has 54 heavy (non-hydrogen) atoms. The van der Waals surface area contributed by atoms with Crippen LogP contribution in [0.25, 0.3) is 21.6 Å². The summed E-state index contributed by atoms with van der Waals surface area (Å²) in [5, 5.41) is 14.8. The zero-order valence-electron chi connectivity index (χ0n) is 27.4. The molecular formula is C26H40N12O14P2. The van der Waals surface area contributed by atoms with Gasteiger partial charge in [-0.05, 0) is 24.4 Å². The SMILES string of the molecule is C.[N-]=[N+]=NCCCC[C@H](N)C(=O)O[C@H]1[C@@H](O)[C@H](n2cnc3c(N)ncnc32)O[C@@H]1COP(=O)(O)O[C@H]1C[C@H](n2ccc(N)nc2=O)O[C@@H]1COP(=O)(O)O. The Morgan fingerprint density at radius 2 is 1.85 bits per heavy atom. The van der Waals surface area contributed by atoms with Crippen molar-refractivity contribution in [2.24, 2.45) is 10.8 Å².